The van der Waals surface area contributed by atoms with Gasteiger partial charge < -0.3 is 5.32 Å². The average molecular weight is 508 g/mol. The first kappa shape index (κ1) is 23.9. The second-order valence-electron chi connectivity index (χ2n) is 9.41. The molecule has 0 amide bonds. The minimum Gasteiger partial charge on any atom is -0.317 e. The molecule has 0 bridgehead atoms. The van der Waals surface area contributed by atoms with E-state index in [-0.39, 0.29) is 17.9 Å². The van der Waals surface area contributed by atoms with E-state index in [1.165, 1.54) is 22.9 Å². The van der Waals surface area contributed by atoms with Gasteiger partial charge in [-0.05, 0) is 67.9 Å². The van der Waals surface area contributed by atoms with Gasteiger partial charge in [0.2, 0.25) is 0 Å². The third-order valence-electron chi connectivity index (χ3n) is 6.79. The van der Waals surface area contributed by atoms with Crippen molar-refractivity contribution in [2.45, 2.75) is 25.4 Å². The van der Waals surface area contributed by atoms with Crippen LogP contribution in [0, 0.1) is 5.82 Å². The van der Waals surface area contributed by atoms with Crippen LogP contribution >= 0.6 is 0 Å². The van der Waals surface area contributed by atoms with Gasteiger partial charge in [-0.3, -0.25) is 9.48 Å². The third-order valence-corrected chi connectivity index (χ3v) is 6.79. The van der Waals surface area contributed by atoms with Crippen LogP contribution in [0.1, 0.15) is 24.4 Å². The van der Waals surface area contributed by atoms with Crippen molar-refractivity contribution in [2.24, 2.45) is 0 Å². The summed E-state index contributed by atoms with van der Waals surface area (Å²) < 4.78 is 16.8. The predicted molar refractivity (Wildman–Crippen MR) is 143 cm³/mol. The molecule has 0 saturated carbocycles. The maximum absolute atomic E-state index is 13.3. The molecular weight excluding hydrogens is 481 g/mol. The summed E-state index contributed by atoms with van der Waals surface area (Å²) >= 11 is 0. The van der Waals surface area contributed by atoms with Crippen LogP contribution in [0.3, 0.4) is 0 Å². The van der Waals surface area contributed by atoms with Gasteiger partial charge >= 0.3 is 0 Å². The highest BCUT2D eigenvalue weighted by Gasteiger charge is 2.16. The number of rotatable bonds is 6. The molecule has 1 N–H and O–H groups in total. The molecule has 0 unspecified atom stereocenters. The first-order valence-electron chi connectivity index (χ1n) is 12.6. The SMILES string of the molecule is O=c1ccc(-c2ccc(F)cc2)nn1Cc1cccc(-c2ncc(-c3cnn(C4CCNCC4)c3)cn2)c1. The molecule has 0 spiro atoms. The van der Waals surface area contributed by atoms with Gasteiger partial charge in [0.05, 0.1) is 24.5 Å². The fraction of sp³-hybridized carbons (Fsp3) is 0.207. The lowest BCUT2D eigenvalue weighted by Gasteiger charge is -2.22. The van der Waals surface area contributed by atoms with Crippen molar-refractivity contribution >= 4 is 0 Å². The lowest BCUT2D eigenvalue weighted by atomic mass is 10.1. The van der Waals surface area contributed by atoms with Crippen LogP contribution in [0.2, 0.25) is 0 Å². The normalized spacial score (nSPS) is 14.0. The largest absolute Gasteiger partial charge is 0.317 e. The Morgan fingerprint density at radius 3 is 2.45 bits per heavy atom. The molecule has 9 heteroatoms. The molecule has 3 aromatic heterocycles. The van der Waals surface area contributed by atoms with E-state index in [0.717, 1.165) is 53.7 Å². The predicted octanol–water partition coefficient (Wildman–Crippen LogP) is 4.34. The van der Waals surface area contributed by atoms with E-state index in [1.54, 1.807) is 18.2 Å². The van der Waals surface area contributed by atoms with Gasteiger partial charge in [-0.1, -0.05) is 18.2 Å². The molecular formula is C29H26FN7O. The van der Waals surface area contributed by atoms with Crippen molar-refractivity contribution in [2.75, 3.05) is 13.1 Å². The van der Waals surface area contributed by atoms with Gasteiger partial charge in [-0.2, -0.15) is 10.2 Å². The van der Waals surface area contributed by atoms with Crippen LogP contribution in [-0.4, -0.2) is 42.6 Å². The van der Waals surface area contributed by atoms with Crippen molar-refractivity contribution in [3.8, 4) is 33.8 Å². The van der Waals surface area contributed by atoms with E-state index in [4.69, 9.17) is 0 Å². The van der Waals surface area contributed by atoms with E-state index in [9.17, 15) is 9.18 Å². The zero-order valence-corrected chi connectivity index (χ0v) is 20.7. The molecule has 6 rings (SSSR count). The number of benzene rings is 2. The molecule has 8 nitrogen and oxygen atoms in total. The molecule has 1 fully saturated rings. The second-order valence-corrected chi connectivity index (χ2v) is 9.41. The fourth-order valence-corrected chi connectivity index (χ4v) is 4.70. The Morgan fingerprint density at radius 2 is 1.66 bits per heavy atom. The van der Waals surface area contributed by atoms with Crippen molar-refractivity contribution in [3.05, 3.63) is 107 Å². The van der Waals surface area contributed by atoms with Crippen LogP contribution < -0.4 is 10.9 Å². The Bertz CT molecular complexity index is 1600. The third kappa shape index (κ3) is 5.14. The molecule has 2 aromatic carbocycles. The lowest BCUT2D eigenvalue weighted by molar-refractivity contribution is 0.343. The smallest absolute Gasteiger partial charge is 0.267 e. The van der Waals surface area contributed by atoms with Crippen molar-refractivity contribution in [3.63, 3.8) is 0 Å². The highest BCUT2D eigenvalue weighted by Crippen LogP contribution is 2.24. The first-order chi connectivity index (χ1) is 18.6. The monoisotopic (exact) mass is 507 g/mol. The number of nitrogens with zero attached hydrogens (tertiary/aromatic N) is 6. The van der Waals surface area contributed by atoms with Gasteiger partial charge in [-0.15, -0.1) is 0 Å². The minimum atomic E-state index is -0.318. The summed E-state index contributed by atoms with van der Waals surface area (Å²) in [5, 5.41) is 12.4. The number of piperidine rings is 1. The topological polar surface area (TPSA) is 90.5 Å². The zero-order valence-electron chi connectivity index (χ0n) is 20.7. The Labute approximate surface area is 218 Å². The molecule has 1 aliphatic rings. The Morgan fingerprint density at radius 1 is 0.868 bits per heavy atom. The number of halogens is 1. The lowest BCUT2D eigenvalue weighted by Crippen LogP contribution is -2.29. The summed E-state index contributed by atoms with van der Waals surface area (Å²) in [5.74, 6) is 0.281. The van der Waals surface area contributed by atoms with E-state index < -0.39 is 0 Å². The fourth-order valence-electron chi connectivity index (χ4n) is 4.70. The van der Waals surface area contributed by atoms with Gasteiger partial charge in [0.25, 0.3) is 5.56 Å². The number of aromatic nitrogens is 6. The number of hydrogen-bond donors (Lipinski definition) is 1. The van der Waals surface area contributed by atoms with Crippen LogP contribution in [-0.2, 0) is 6.54 Å². The Hall–Kier alpha value is -4.50. The highest BCUT2D eigenvalue weighted by molar-refractivity contribution is 5.63. The van der Waals surface area contributed by atoms with E-state index in [1.807, 2.05) is 42.9 Å². The number of nitrogens with one attached hydrogen (secondary N) is 1. The van der Waals surface area contributed by atoms with E-state index >= 15 is 0 Å². The molecule has 1 aliphatic heterocycles. The van der Waals surface area contributed by atoms with Gasteiger partial charge in [0.1, 0.15) is 5.82 Å². The van der Waals surface area contributed by atoms with Gasteiger partial charge in [-0.25, -0.2) is 19.0 Å². The molecule has 0 radical (unpaired) electrons. The summed E-state index contributed by atoms with van der Waals surface area (Å²) in [5.41, 5.74) is 4.78. The van der Waals surface area contributed by atoms with Crippen LogP contribution in [0.4, 0.5) is 4.39 Å². The van der Waals surface area contributed by atoms with Crippen LogP contribution in [0.5, 0.6) is 0 Å². The summed E-state index contributed by atoms with van der Waals surface area (Å²) in [6, 6.07) is 17.3. The van der Waals surface area contributed by atoms with Gasteiger partial charge in [0, 0.05) is 46.9 Å². The van der Waals surface area contributed by atoms with E-state index in [2.05, 4.69) is 36.4 Å². The maximum atomic E-state index is 13.3. The molecule has 38 heavy (non-hydrogen) atoms. The molecule has 0 aliphatic carbocycles. The minimum absolute atomic E-state index is 0.216. The Balaban J connectivity index is 1.20. The molecule has 1 saturated heterocycles. The second kappa shape index (κ2) is 10.5. The van der Waals surface area contributed by atoms with E-state index in [0.29, 0.717) is 17.6 Å². The molecule has 190 valence electrons. The summed E-state index contributed by atoms with van der Waals surface area (Å²) in [7, 11) is 0. The van der Waals surface area contributed by atoms with Crippen molar-refractivity contribution in [1.29, 1.82) is 0 Å². The molecule has 0 atom stereocenters. The van der Waals surface area contributed by atoms with Crippen LogP contribution in [0.15, 0.2) is 90.2 Å². The number of hydrogen-bond acceptors (Lipinski definition) is 6. The standard InChI is InChI=1S/C29H26FN7O/c30-25-6-4-21(5-7-25)27-8-9-28(38)37(35-27)18-20-2-1-3-22(14-20)29-32-15-23(16-33-29)24-17-34-36(19-24)26-10-12-31-13-11-26/h1-9,14-17,19,26,31H,10-13,18H2. The van der Waals surface area contributed by atoms with Crippen LogP contribution in [0.25, 0.3) is 33.8 Å². The zero-order chi connectivity index (χ0) is 25.9. The average Bonchev–Trinajstić information content (AvgIpc) is 3.46. The maximum Gasteiger partial charge on any atom is 0.267 e. The summed E-state index contributed by atoms with van der Waals surface area (Å²) in [6.07, 6.45) is 9.72. The van der Waals surface area contributed by atoms with Crippen molar-refractivity contribution < 1.29 is 4.39 Å². The van der Waals surface area contributed by atoms with Gasteiger partial charge in [0.15, 0.2) is 5.82 Å². The molecule has 4 heterocycles. The summed E-state index contributed by atoms with van der Waals surface area (Å²) in [4.78, 5) is 21.7. The van der Waals surface area contributed by atoms with Crippen molar-refractivity contribution in [1.82, 2.24) is 34.8 Å². The highest BCUT2D eigenvalue weighted by atomic mass is 19.1. The quantitative estimate of drug-likeness (QED) is 0.368. The first-order valence-corrected chi connectivity index (χ1v) is 12.6. The molecule has 5 aromatic rings. The Kier molecular flexibility index (Phi) is 6.58. The summed E-state index contributed by atoms with van der Waals surface area (Å²) in [6.45, 7) is 2.32.